The van der Waals surface area contributed by atoms with Gasteiger partial charge >= 0.3 is 0 Å². The van der Waals surface area contributed by atoms with Gasteiger partial charge in [0.25, 0.3) is 0 Å². The number of rotatable bonds is 4. The molecule has 1 aliphatic rings. The summed E-state index contributed by atoms with van der Waals surface area (Å²) in [6.07, 6.45) is 8.35. The van der Waals surface area contributed by atoms with E-state index in [0.29, 0.717) is 0 Å². The monoisotopic (exact) mass is 162 g/mol. The quantitative estimate of drug-likeness (QED) is 0.440. The molecule has 0 aromatic heterocycles. The molecule has 1 heteroatoms. The lowest BCUT2D eigenvalue weighted by Gasteiger charge is -2.18. The SMILES string of the molecule is C=CC[Si]1(CC=C)C=CC=C1. The average molecular weight is 162 g/mol. The van der Waals surface area contributed by atoms with Crippen molar-refractivity contribution in [2.24, 2.45) is 0 Å². The third kappa shape index (κ3) is 1.81. The van der Waals surface area contributed by atoms with Crippen LogP contribution in [0.1, 0.15) is 0 Å². The molecule has 0 bridgehead atoms. The van der Waals surface area contributed by atoms with Gasteiger partial charge in [-0.3, -0.25) is 0 Å². The number of hydrogen-bond acceptors (Lipinski definition) is 0. The Morgan fingerprint density at radius 3 is 1.82 bits per heavy atom. The summed E-state index contributed by atoms with van der Waals surface area (Å²) in [5.41, 5.74) is 4.72. The molecule has 1 aliphatic heterocycles. The Hall–Kier alpha value is -0.823. The Balaban J connectivity index is 2.70. The summed E-state index contributed by atoms with van der Waals surface area (Å²) in [5.74, 6) is 0. The fraction of sp³-hybridized carbons (Fsp3) is 0.200. The lowest BCUT2D eigenvalue weighted by Crippen LogP contribution is -2.25. The largest absolute Gasteiger partial charge is 0.109 e. The van der Waals surface area contributed by atoms with Crippen molar-refractivity contribution in [3.8, 4) is 0 Å². The van der Waals surface area contributed by atoms with Gasteiger partial charge in [0.15, 0.2) is 0 Å². The van der Waals surface area contributed by atoms with Gasteiger partial charge in [-0.05, 0) is 12.1 Å². The molecule has 0 saturated carbocycles. The Bertz CT molecular complexity index is 187. The fourth-order valence-corrected chi connectivity index (χ4v) is 4.33. The molecule has 0 atom stereocenters. The van der Waals surface area contributed by atoms with Crippen LogP contribution in [0.3, 0.4) is 0 Å². The maximum Gasteiger partial charge on any atom is 0.109 e. The van der Waals surface area contributed by atoms with Crippen LogP contribution >= 0.6 is 0 Å². The van der Waals surface area contributed by atoms with E-state index in [0.717, 1.165) is 12.1 Å². The smallest absolute Gasteiger partial charge is 0.103 e. The summed E-state index contributed by atoms with van der Waals surface area (Å²) in [5, 5.41) is 0. The molecule has 0 fully saturated rings. The molecule has 0 spiro atoms. The van der Waals surface area contributed by atoms with Gasteiger partial charge < -0.3 is 0 Å². The first-order valence-electron chi connectivity index (χ1n) is 3.92. The van der Waals surface area contributed by atoms with Gasteiger partial charge in [0.05, 0.1) is 0 Å². The van der Waals surface area contributed by atoms with Gasteiger partial charge in [-0.15, -0.1) is 13.2 Å². The van der Waals surface area contributed by atoms with E-state index in [1.54, 1.807) is 0 Å². The van der Waals surface area contributed by atoms with E-state index in [-0.39, 0.29) is 0 Å². The number of hydrogen-bond donors (Lipinski definition) is 0. The first-order chi connectivity index (χ1) is 5.33. The molecule has 0 saturated heterocycles. The van der Waals surface area contributed by atoms with E-state index < -0.39 is 8.07 Å². The molecular weight excluding hydrogens is 148 g/mol. The van der Waals surface area contributed by atoms with Crippen molar-refractivity contribution in [2.75, 3.05) is 0 Å². The third-order valence-corrected chi connectivity index (χ3v) is 5.83. The second-order valence-corrected chi connectivity index (χ2v) is 6.89. The Kier molecular flexibility index (Phi) is 2.66. The Morgan fingerprint density at radius 1 is 1.00 bits per heavy atom. The highest BCUT2D eigenvalue weighted by Gasteiger charge is 2.25. The Morgan fingerprint density at radius 2 is 1.45 bits per heavy atom. The average Bonchev–Trinajstić information content (AvgIpc) is 2.39. The van der Waals surface area contributed by atoms with Gasteiger partial charge in [-0.25, -0.2) is 0 Å². The highest BCUT2D eigenvalue weighted by atomic mass is 28.3. The van der Waals surface area contributed by atoms with Crippen LogP contribution in [0.25, 0.3) is 0 Å². The van der Waals surface area contributed by atoms with Crippen molar-refractivity contribution in [1.82, 2.24) is 0 Å². The molecule has 0 aliphatic carbocycles. The van der Waals surface area contributed by atoms with Crippen LogP contribution in [0.4, 0.5) is 0 Å². The van der Waals surface area contributed by atoms with Crippen molar-refractivity contribution in [3.05, 3.63) is 48.9 Å². The van der Waals surface area contributed by atoms with Crippen LogP contribution in [-0.4, -0.2) is 8.07 Å². The third-order valence-electron chi connectivity index (χ3n) is 2.02. The Labute approximate surface area is 69.6 Å². The minimum atomic E-state index is -1.23. The lowest BCUT2D eigenvalue weighted by atomic mass is 10.6. The van der Waals surface area contributed by atoms with Crippen LogP contribution in [0.2, 0.25) is 12.1 Å². The predicted molar refractivity (Wildman–Crippen MR) is 54.0 cm³/mol. The zero-order valence-corrected chi connectivity index (χ0v) is 7.79. The summed E-state index contributed by atoms with van der Waals surface area (Å²) in [6, 6.07) is 2.29. The zero-order chi connectivity index (χ0) is 8.16. The molecule has 1 rings (SSSR count). The lowest BCUT2D eigenvalue weighted by molar-refractivity contribution is 1.50. The highest BCUT2D eigenvalue weighted by molar-refractivity contribution is 6.90. The van der Waals surface area contributed by atoms with Gasteiger partial charge in [0.2, 0.25) is 0 Å². The maximum absolute atomic E-state index is 3.78. The molecular formula is C10H14Si. The van der Waals surface area contributed by atoms with Crippen LogP contribution < -0.4 is 0 Å². The molecule has 11 heavy (non-hydrogen) atoms. The second-order valence-electron chi connectivity index (χ2n) is 2.94. The first-order valence-corrected chi connectivity index (χ1v) is 6.49. The predicted octanol–water partition coefficient (Wildman–Crippen LogP) is 3.01. The summed E-state index contributed by atoms with van der Waals surface area (Å²) < 4.78 is 0. The summed E-state index contributed by atoms with van der Waals surface area (Å²) in [4.78, 5) is 0. The van der Waals surface area contributed by atoms with Crippen LogP contribution in [0.5, 0.6) is 0 Å². The first kappa shape index (κ1) is 8.28. The van der Waals surface area contributed by atoms with E-state index in [1.165, 1.54) is 0 Å². The summed E-state index contributed by atoms with van der Waals surface area (Å²) in [6.45, 7) is 7.57. The molecule has 0 N–H and O–H groups in total. The minimum Gasteiger partial charge on any atom is -0.103 e. The minimum absolute atomic E-state index is 1.14. The van der Waals surface area contributed by atoms with E-state index in [1.807, 2.05) is 12.2 Å². The highest BCUT2D eigenvalue weighted by Crippen LogP contribution is 2.23. The molecule has 0 aromatic rings. The molecule has 58 valence electrons. The van der Waals surface area contributed by atoms with Crippen LogP contribution in [-0.2, 0) is 0 Å². The zero-order valence-electron chi connectivity index (χ0n) is 6.79. The molecule has 0 nitrogen and oxygen atoms in total. The van der Waals surface area contributed by atoms with E-state index >= 15 is 0 Å². The topological polar surface area (TPSA) is 0 Å². The van der Waals surface area contributed by atoms with Crippen molar-refractivity contribution in [2.45, 2.75) is 12.1 Å². The summed E-state index contributed by atoms with van der Waals surface area (Å²) in [7, 11) is -1.23. The normalized spacial score (nSPS) is 18.5. The molecule has 0 unspecified atom stereocenters. The van der Waals surface area contributed by atoms with Gasteiger partial charge in [-0.1, -0.05) is 35.7 Å². The van der Waals surface area contributed by atoms with Gasteiger partial charge in [0, 0.05) is 0 Å². The van der Waals surface area contributed by atoms with Gasteiger partial charge in [0.1, 0.15) is 8.07 Å². The van der Waals surface area contributed by atoms with Gasteiger partial charge in [-0.2, -0.15) is 0 Å². The molecule has 1 heterocycles. The van der Waals surface area contributed by atoms with Crippen molar-refractivity contribution < 1.29 is 0 Å². The van der Waals surface area contributed by atoms with Crippen LogP contribution in [0.15, 0.2) is 48.9 Å². The standard InChI is InChI=1S/C10H14Si/c1-3-7-11(8-4-2)9-5-6-10-11/h3-6,9-10H,1-2,7-8H2. The summed E-state index contributed by atoms with van der Waals surface area (Å²) >= 11 is 0. The maximum atomic E-state index is 3.78. The van der Waals surface area contributed by atoms with Crippen molar-refractivity contribution in [1.29, 1.82) is 0 Å². The molecule has 0 radical (unpaired) electrons. The molecule has 0 aromatic carbocycles. The van der Waals surface area contributed by atoms with E-state index in [4.69, 9.17) is 0 Å². The fourth-order valence-electron chi connectivity index (χ4n) is 1.44. The van der Waals surface area contributed by atoms with E-state index in [9.17, 15) is 0 Å². The second kappa shape index (κ2) is 3.53. The van der Waals surface area contributed by atoms with Crippen molar-refractivity contribution >= 4 is 8.07 Å². The number of allylic oxidation sites excluding steroid dienone is 4. The van der Waals surface area contributed by atoms with Crippen molar-refractivity contribution in [3.63, 3.8) is 0 Å². The van der Waals surface area contributed by atoms with Crippen LogP contribution in [0, 0.1) is 0 Å². The van der Waals surface area contributed by atoms with E-state index in [2.05, 4.69) is 36.7 Å². The molecule has 0 amide bonds.